The molecular weight excluding hydrogens is 294 g/mol. The van der Waals surface area contributed by atoms with Crippen molar-refractivity contribution >= 4 is 29.3 Å². The third-order valence-electron chi connectivity index (χ3n) is 2.69. The lowest BCUT2D eigenvalue weighted by Crippen LogP contribution is -2.48. The summed E-state index contributed by atoms with van der Waals surface area (Å²) in [6, 6.07) is 9.25. The van der Waals surface area contributed by atoms with Gasteiger partial charge >= 0.3 is 5.97 Å². The molecule has 0 bridgehead atoms. The molecule has 7 heteroatoms. The van der Waals surface area contributed by atoms with E-state index in [1.54, 1.807) is 6.92 Å². The maximum atomic E-state index is 12.2. The Balaban J connectivity index is 2.22. The monoisotopic (exact) mass is 309 g/mol. The molecule has 1 atom stereocenters. The Labute approximate surface area is 125 Å². The number of hydrogen-bond donors (Lipinski definition) is 1. The lowest BCUT2D eigenvalue weighted by atomic mass is 9.93. The van der Waals surface area contributed by atoms with E-state index in [0.717, 1.165) is 9.90 Å². The van der Waals surface area contributed by atoms with Crippen LogP contribution in [0.3, 0.4) is 0 Å². The number of nitrogens with two attached hydrogens (primary N) is 1. The molecule has 0 aliphatic rings. The predicted octanol–water partition coefficient (Wildman–Crippen LogP) is 2.05. The maximum absolute atomic E-state index is 12.2. The predicted molar refractivity (Wildman–Crippen MR) is 79.6 cm³/mol. The van der Waals surface area contributed by atoms with Crippen LogP contribution >= 0.6 is 23.3 Å². The molecule has 2 rings (SSSR count). The summed E-state index contributed by atoms with van der Waals surface area (Å²) in [5.74, 6) is -0.0754. The van der Waals surface area contributed by atoms with E-state index in [0.29, 0.717) is 12.4 Å². The summed E-state index contributed by atoms with van der Waals surface area (Å²) in [6.07, 6.45) is 1.48. The van der Waals surface area contributed by atoms with Gasteiger partial charge in [0.25, 0.3) is 0 Å². The minimum absolute atomic E-state index is 0.300. The summed E-state index contributed by atoms with van der Waals surface area (Å²) in [7, 11) is 0. The summed E-state index contributed by atoms with van der Waals surface area (Å²) >= 11 is 2.68. The molecule has 1 heterocycles. The van der Waals surface area contributed by atoms with Gasteiger partial charge in [0.1, 0.15) is 11.9 Å². The Kier molecular flexibility index (Phi) is 5.11. The number of ether oxygens (including phenoxy) is 1. The fourth-order valence-corrected chi connectivity index (χ4v) is 3.21. The van der Waals surface area contributed by atoms with E-state index in [1.165, 1.54) is 29.6 Å². The van der Waals surface area contributed by atoms with Crippen LogP contribution in [-0.4, -0.2) is 27.7 Å². The van der Waals surface area contributed by atoms with Gasteiger partial charge in [0.2, 0.25) is 0 Å². The van der Waals surface area contributed by atoms with Gasteiger partial charge in [-0.15, -0.1) is 0 Å². The number of carbonyl (C=O) groups is 1. The highest BCUT2D eigenvalue weighted by molar-refractivity contribution is 8.01. The molecular formula is C13H15N3O2S2. The van der Waals surface area contributed by atoms with Crippen LogP contribution in [0.15, 0.2) is 41.0 Å². The van der Waals surface area contributed by atoms with Crippen LogP contribution in [0, 0.1) is 0 Å². The molecule has 106 valence electrons. The van der Waals surface area contributed by atoms with Crippen LogP contribution in [-0.2, 0) is 15.1 Å². The molecule has 1 unspecified atom stereocenters. The first kappa shape index (κ1) is 15.0. The van der Waals surface area contributed by atoms with Crippen LogP contribution in [0.4, 0.5) is 0 Å². The molecule has 0 spiro atoms. The van der Waals surface area contributed by atoms with Gasteiger partial charge in [-0.3, -0.25) is 0 Å². The molecule has 1 aromatic heterocycles. The van der Waals surface area contributed by atoms with E-state index in [2.05, 4.69) is 9.36 Å². The summed E-state index contributed by atoms with van der Waals surface area (Å²) < 4.78 is 9.83. The van der Waals surface area contributed by atoms with Crippen LogP contribution in [0.2, 0.25) is 0 Å². The van der Waals surface area contributed by atoms with Crippen LogP contribution < -0.4 is 5.73 Å². The van der Waals surface area contributed by atoms with E-state index in [1.807, 2.05) is 30.3 Å². The fraction of sp³-hybridized carbons (Fsp3) is 0.308. The van der Waals surface area contributed by atoms with Gasteiger partial charge in [-0.05, 0) is 24.0 Å². The molecule has 5 nitrogen and oxygen atoms in total. The standard InChI is InChI=1S/C13H15N3O2S2/c1-2-18-11(17)13(14,10-6-4-3-5-7-10)8-19-12-15-9-16-20-12/h3-7,9H,2,8,14H2,1H3. The Morgan fingerprint density at radius 3 is 2.80 bits per heavy atom. The van der Waals surface area contributed by atoms with E-state index in [-0.39, 0.29) is 0 Å². The minimum Gasteiger partial charge on any atom is -0.464 e. The van der Waals surface area contributed by atoms with Gasteiger partial charge in [-0.1, -0.05) is 42.1 Å². The second-order valence-corrected chi connectivity index (χ2v) is 6.06. The molecule has 0 radical (unpaired) electrons. The highest BCUT2D eigenvalue weighted by atomic mass is 32.2. The van der Waals surface area contributed by atoms with Gasteiger partial charge in [-0.25, -0.2) is 9.78 Å². The van der Waals surface area contributed by atoms with Crippen LogP contribution in [0.5, 0.6) is 0 Å². The highest BCUT2D eigenvalue weighted by Crippen LogP contribution is 2.29. The average molecular weight is 309 g/mol. The average Bonchev–Trinajstić information content (AvgIpc) is 2.99. The molecule has 0 aliphatic heterocycles. The first-order valence-corrected chi connectivity index (χ1v) is 7.84. The Morgan fingerprint density at radius 1 is 1.45 bits per heavy atom. The van der Waals surface area contributed by atoms with Crippen molar-refractivity contribution in [1.82, 2.24) is 9.36 Å². The largest absolute Gasteiger partial charge is 0.464 e. The van der Waals surface area contributed by atoms with E-state index in [9.17, 15) is 4.79 Å². The van der Waals surface area contributed by atoms with Gasteiger partial charge in [0.05, 0.1) is 6.61 Å². The molecule has 0 saturated heterocycles. The Bertz CT molecular complexity index is 548. The van der Waals surface area contributed by atoms with E-state index in [4.69, 9.17) is 10.5 Å². The normalized spacial score (nSPS) is 13.7. The smallest absolute Gasteiger partial charge is 0.331 e. The second kappa shape index (κ2) is 6.83. The molecule has 0 amide bonds. The summed E-state index contributed by atoms with van der Waals surface area (Å²) in [5, 5.41) is 0. The minimum atomic E-state index is -1.19. The van der Waals surface area contributed by atoms with Gasteiger partial charge in [0, 0.05) is 5.75 Å². The van der Waals surface area contributed by atoms with Crippen molar-refractivity contribution in [2.24, 2.45) is 5.73 Å². The summed E-state index contributed by atoms with van der Waals surface area (Å²) in [6.45, 7) is 2.06. The third kappa shape index (κ3) is 3.36. The Hall–Kier alpha value is -1.44. The van der Waals surface area contributed by atoms with Crippen molar-refractivity contribution < 1.29 is 9.53 Å². The van der Waals surface area contributed by atoms with Crippen LogP contribution in [0.25, 0.3) is 0 Å². The molecule has 2 aromatic rings. The molecule has 20 heavy (non-hydrogen) atoms. The fourth-order valence-electron chi connectivity index (χ4n) is 1.66. The number of thioether (sulfide) groups is 1. The number of benzene rings is 1. The third-order valence-corrected chi connectivity index (χ3v) is 4.68. The molecule has 0 fully saturated rings. The highest BCUT2D eigenvalue weighted by Gasteiger charge is 2.38. The van der Waals surface area contributed by atoms with Crippen LogP contribution in [0.1, 0.15) is 12.5 Å². The lowest BCUT2D eigenvalue weighted by molar-refractivity contribution is -0.149. The van der Waals surface area contributed by atoms with Gasteiger partial charge in [0.15, 0.2) is 4.34 Å². The quantitative estimate of drug-likeness (QED) is 0.650. The molecule has 1 aromatic carbocycles. The van der Waals surface area contributed by atoms with Crippen molar-refractivity contribution in [1.29, 1.82) is 0 Å². The maximum Gasteiger partial charge on any atom is 0.331 e. The topological polar surface area (TPSA) is 78.1 Å². The number of aromatic nitrogens is 2. The first-order chi connectivity index (χ1) is 9.66. The van der Waals surface area contributed by atoms with E-state index < -0.39 is 11.5 Å². The molecule has 2 N–H and O–H groups in total. The van der Waals surface area contributed by atoms with Crippen molar-refractivity contribution in [2.45, 2.75) is 16.8 Å². The van der Waals surface area contributed by atoms with Crippen molar-refractivity contribution in [2.75, 3.05) is 12.4 Å². The van der Waals surface area contributed by atoms with Gasteiger partial charge < -0.3 is 10.5 Å². The first-order valence-electron chi connectivity index (χ1n) is 6.08. The summed E-state index contributed by atoms with van der Waals surface area (Å²) in [5.41, 5.74) is 5.87. The van der Waals surface area contributed by atoms with Crippen molar-refractivity contribution in [3.8, 4) is 0 Å². The number of carbonyl (C=O) groups excluding carboxylic acids is 1. The number of rotatable bonds is 6. The SMILES string of the molecule is CCOC(=O)C(N)(CSc1ncns1)c1ccccc1. The number of esters is 1. The zero-order chi connectivity index (χ0) is 14.4. The zero-order valence-electron chi connectivity index (χ0n) is 11.0. The molecule has 0 aliphatic carbocycles. The van der Waals surface area contributed by atoms with Crippen molar-refractivity contribution in [3.63, 3.8) is 0 Å². The lowest BCUT2D eigenvalue weighted by Gasteiger charge is -2.26. The molecule has 0 saturated carbocycles. The van der Waals surface area contributed by atoms with Crippen molar-refractivity contribution in [3.05, 3.63) is 42.2 Å². The Morgan fingerprint density at radius 2 is 2.20 bits per heavy atom. The zero-order valence-corrected chi connectivity index (χ0v) is 12.6. The number of hydrogen-bond acceptors (Lipinski definition) is 7. The van der Waals surface area contributed by atoms with Gasteiger partial charge in [-0.2, -0.15) is 4.37 Å². The summed E-state index contributed by atoms with van der Waals surface area (Å²) in [4.78, 5) is 16.3. The van der Waals surface area contributed by atoms with E-state index >= 15 is 0 Å². The number of nitrogens with zero attached hydrogens (tertiary/aromatic N) is 2. The second-order valence-electron chi connectivity index (χ2n) is 4.05.